The summed E-state index contributed by atoms with van der Waals surface area (Å²) >= 11 is 1.46. The normalized spacial score (nSPS) is 33.0. The first kappa shape index (κ1) is 19.0. The number of fused-ring (bicyclic) bond motifs is 4. The van der Waals surface area contributed by atoms with E-state index in [1.807, 2.05) is 4.90 Å². The van der Waals surface area contributed by atoms with Crippen molar-refractivity contribution >= 4 is 29.4 Å². The number of thioether (sulfide) groups is 1. The third-order valence-corrected chi connectivity index (χ3v) is 6.78. The lowest BCUT2D eigenvalue weighted by atomic mass is 9.82. The summed E-state index contributed by atoms with van der Waals surface area (Å²) in [5, 5.41) is 3.30. The van der Waals surface area contributed by atoms with Crippen LogP contribution in [0.4, 0.5) is 4.79 Å². The number of hydrogen-bond acceptors (Lipinski definition) is 9. The molecule has 0 unspecified atom stereocenters. The number of nitrogens with zero attached hydrogens (tertiary/aromatic N) is 1. The van der Waals surface area contributed by atoms with Crippen molar-refractivity contribution in [3.8, 4) is 0 Å². The maximum Gasteiger partial charge on any atom is 0.404 e. The maximum atomic E-state index is 13.3. The number of ketones is 2. The van der Waals surface area contributed by atoms with Crippen LogP contribution < -0.4 is 16.8 Å². The zero-order valence-electron chi connectivity index (χ0n) is 15.4. The van der Waals surface area contributed by atoms with Crippen molar-refractivity contribution < 1.29 is 23.9 Å². The molecular formula is C18H22N4O5S. The van der Waals surface area contributed by atoms with Crippen LogP contribution in [0, 0.1) is 5.92 Å². The standard InChI is InChI=1S/C18H22N4O5S/c1-3-4-28-7-8-12(19)15(24)11-9(6-27-17(20)25)18(26-2)16-10(21-16)5-22(18)13(11)14(8)23/h3,9-10,16,21H,1,4-7,19H2,2H3,(H2,20,25)/t9-,10+,16+,18-/m1/s1. The van der Waals surface area contributed by atoms with Crippen molar-refractivity contribution in [2.45, 2.75) is 17.8 Å². The van der Waals surface area contributed by atoms with E-state index >= 15 is 0 Å². The Kier molecular flexibility index (Phi) is 4.52. The number of hydrogen-bond donors (Lipinski definition) is 3. The molecule has 3 aliphatic heterocycles. The Balaban J connectivity index is 1.75. The van der Waals surface area contributed by atoms with E-state index in [-0.39, 0.29) is 35.7 Å². The lowest BCUT2D eigenvalue weighted by molar-refractivity contribution is -0.137. The van der Waals surface area contributed by atoms with Crippen molar-refractivity contribution in [1.29, 1.82) is 0 Å². The average Bonchev–Trinajstić information content (AvgIpc) is 3.27. The lowest BCUT2D eigenvalue weighted by Gasteiger charge is -2.39. The van der Waals surface area contributed by atoms with E-state index in [2.05, 4.69) is 11.9 Å². The molecule has 150 valence electrons. The van der Waals surface area contributed by atoms with Crippen LogP contribution in [0.25, 0.3) is 0 Å². The van der Waals surface area contributed by atoms with Gasteiger partial charge >= 0.3 is 6.09 Å². The zero-order valence-corrected chi connectivity index (χ0v) is 16.2. The van der Waals surface area contributed by atoms with Gasteiger partial charge in [-0.1, -0.05) is 6.08 Å². The first-order valence-electron chi connectivity index (χ1n) is 8.90. The Morgan fingerprint density at radius 3 is 2.86 bits per heavy atom. The van der Waals surface area contributed by atoms with E-state index in [0.717, 1.165) is 0 Å². The highest BCUT2D eigenvalue weighted by Crippen LogP contribution is 2.55. The number of rotatable bonds is 7. The summed E-state index contributed by atoms with van der Waals surface area (Å²) in [5.41, 5.74) is 11.0. The number of piperazine rings is 1. The van der Waals surface area contributed by atoms with E-state index in [9.17, 15) is 14.4 Å². The van der Waals surface area contributed by atoms with Crippen LogP contribution in [-0.2, 0) is 19.1 Å². The monoisotopic (exact) mass is 406 g/mol. The van der Waals surface area contributed by atoms with Crippen molar-refractivity contribution in [3.05, 3.63) is 35.2 Å². The first-order chi connectivity index (χ1) is 13.4. The molecule has 1 amide bonds. The summed E-state index contributed by atoms with van der Waals surface area (Å²) in [4.78, 5) is 39.5. The van der Waals surface area contributed by atoms with Gasteiger partial charge in [-0.05, 0) is 0 Å². The SMILES string of the molecule is C=CCSCC1=C(N)C(=O)C2=C(C1=O)N1C[C@@H]3N[C@@H]3[C@]1(OC)[C@@H]2COC(N)=O. The molecule has 0 aromatic carbocycles. The number of Topliss-reactive ketones (excluding diaryl/α,β-unsaturated/α-hetero) is 2. The Morgan fingerprint density at radius 1 is 1.46 bits per heavy atom. The fraction of sp³-hybridized carbons (Fsp3) is 0.500. The van der Waals surface area contributed by atoms with E-state index < -0.39 is 23.5 Å². The van der Waals surface area contributed by atoms with Gasteiger partial charge in [-0.2, -0.15) is 11.8 Å². The molecule has 2 saturated heterocycles. The second-order valence-corrected chi connectivity index (χ2v) is 8.15. The number of amides is 1. The maximum absolute atomic E-state index is 13.3. The number of carbonyl (C=O) groups excluding carboxylic acids is 3. The summed E-state index contributed by atoms with van der Waals surface area (Å²) in [5.74, 6) is -0.389. The van der Waals surface area contributed by atoms with Gasteiger partial charge < -0.3 is 31.2 Å². The van der Waals surface area contributed by atoms with Crippen LogP contribution in [0.5, 0.6) is 0 Å². The molecule has 0 aromatic rings. The van der Waals surface area contributed by atoms with Gasteiger partial charge in [-0.25, -0.2) is 4.79 Å². The molecule has 0 spiro atoms. The molecule has 3 heterocycles. The highest BCUT2D eigenvalue weighted by Gasteiger charge is 2.72. The molecule has 5 N–H and O–H groups in total. The minimum Gasteiger partial charge on any atom is -0.449 e. The number of methoxy groups -OCH3 is 1. The lowest BCUT2D eigenvalue weighted by Crippen LogP contribution is -2.55. The van der Waals surface area contributed by atoms with Crippen LogP contribution >= 0.6 is 11.8 Å². The van der Waals surface area contributed by atoms with Gasteiger partial charge in [0.15, 0.2) is 5.72 Å². The van der Waals surface area contributed by atoms with Crippen LogP contribution in [0.2, 0.25) is 0 Å². The van der Waals surface area contributed by atoms with Crippen molar-refractivity contribution in [1.82, 2.24) is 10.2 Å². The molecular weight excluding hydrogens is 384 g/mol. The summed E-state index contributed by atoms with van der Waals surface area (Å²) in [6.45, 7) is 4.01. The average molecular weight is 406 g/mol. The molecule has 9 nitrogen and oxygen atoms in total. The van der Waals surface area contributed by atoms with Crippen molar-refractivity contribution in [2.24, 2.45) is 17.4 Å². The van der Waals surface area contributed by atoms with E-state index in [4.69, 9.17) is 20.9 Å². The molecule has 1 aliphatic carbocycles. The molecule has 4 aliphatic rings. The van der Waals surface area contributed by atoms with Gasteiger partial charge in [0.05, 0.1) is 23.4 Å². The third-order valence-electron chi connectivity index (χ3n) is 5.81. The van der Waals surface area contributed by atoms with E-state index in [0.29, 0.717) is 29.3 Å². The predicted octanol–water partition coefficient (Wildman–Crippen LogP) is -0.752. The molecule has 4 atom stereocenters. The summed E-state index contributed by atoms with van der Waals surface area (Å²) in [7, 11) is 1.53. The van der Waals surface area contributed by atoms with E-state index in [1.54, 1.807) is 6.08 Å². The molecule has 28 heavy (non-hydrogen) atoms. The predicted molar refractivity (Wildman–Crippen MR) is 102 cm³/mol. The van der Waals surface area contributed by atoms with Crippen LogP contribution in [-0.4, -0.2) is 72.1 Å². The van der Waals surface area contributed by atoms with Crippen LogP contribution in [0.15, 0.2) is 35.2 Å². The minimum atomic E-state index is -0.986. The summed E-state index contributed by atoms with van der Waals surface area (Å²) < 4.78 is 10.9. The molecule has 10 heteroatoms. The third kappa shape index (κ3) is 2.44. The molecule has 0 radical (unpaired) electrons. The van der Waals surface area contributed by atoms with Gasteiger partial charge in [0, 0.05) is 42.3 Å². The zero-order chi connectivity index (χ0) is 20.2. The highest BCUT2D eigenvalue weighted by atomic mass is 32.2. The number of ether oxygens (including phenoxy) is 2. The van der Waals surface area contributed by atoms with Gasteiger partial charge in [-0.15, -0.1) is 6.58 Å². The van der Waals surface area contributed by atoms with Gasteiger partial charge in [-0.3, -0.25) is 9.59 Å². The number of nitrogens with one attached hydrogen (secondary N) is 1. The number of carbonyl (C=O) groups is 3. The molecule has 2 fully saturated rings. The Bertz CT molecular complexity index is 853. The Hall–Kier alpha value is -2.30. The largest absolute Gasteiger partial charge is 0.449 e. The number of nitrogens with two attached hydrogens (primary N) is 2. The smallest absolute Gasteiger partial charge is 0.404 e. The fourth-order valence-electron chi connectivity index (χ4n) is 4.63. The molecule has 4 rings (SSSR count). The second kappa shape index (κ2) is 6.64. The van der Waals surface area contributed by atoms with Gasteiger partial charge in [0.2, 0.25) is 11.6 Å². The van der Waals surface area contributed by atoms with Crippen LogP contribution in [0.3, 0.4) is 0 Å². The quantitative estimate of drug-likeness (QED) is 0.215. The van der Waals surface area contributed by atoms with Crippen molar-refractivity contribution in [3.63, 3.8) is 0 Å². The van der Waals surface area contributed by atoms with Gasteiger partial charge in [0.1, 0.15) is 6.61 Å². The fourth-order valence-corrected chi connectivity index (χ4v) is 5.40. The number of allylic oxidation sites excluding steroid dienone is 2. The number of primary amides is 1. The summed E-state index contributed by atoms with van der Waals surface area (Å²) in [6.07, 6.45) is 0.772. The van der Waals surface area contributed by atoms with Crippen molar-refractivity contribution in [2.75, 3.05) is 31.8 Å². The second-order valence-electron chi connectivity index (χ2n) is 7.12. The topological polar surface area (TPSA) is 147 Å². The molecule has 0 aromatic heterocycles. The summed E-state index contributed by atoms with van der Waals surface area (Å²) in [6, 6.07) is 0.0693. The highest BCUT2D eigenvalue weighted by molar-refractivity contribution is 7.99. The first-order valence-corrected chi connectivity index (χ1v) is 10.1. The van der Waals surface area contributed by atoms with E-state index in [1.165, 1.54) is 18.9 Å². The molecule has 0 bridgehead atoms. The molecule has 0 saturated carbocycles. The van der Waals surface area contributed by atoms with Crippen LogP contribution in [0.1, 0.15) is 0 Å². The van der Waals surface area contributed by atoms with Gasteiger partial charge in [0.25, 0.3) is 0 Å². The Morgan fingerprint density at radius 2 is 2.21 bits per heavy atom. The Labute approximate surface area is 166 Å². The minimum absolute atomic E-state index is 0.0582.